The Morgan fingerprint density at radius 3 is 2.52 bits per heavy atom. The van der Waals surface area contributed by atoms with E-state index in [-0.39, 0.29) is 17.6 Å². The molecule has 0 bridgehead atoms. The number of carbonyl (C=O) groups is 2. The Hall–Kier alpha value is -2.32. The SMILES string of the molecule is O=C(NCCN1CCN(C(=O)C2CCCC2)CC1)c1cnc(Cc2ccc(F)cc2)s1. The van der Waals surface area contributed by atoms with Crippen LogP contribution in [0.2, 0.25) is 0 Å². The van der Waals surface area contributed by atoms with Crippen LogP contribution in [-0.2, 0) is 11.2 Å². The first-order valence-corrected chi connectivity index (χ1v) is 11.9. The molecular formula is C23H29FN4O2S. The van der Waals surface area contributed by atoms with Crippen molar-refractivity contribution in [3.8, 4) is 0 Å². The van der Waals surface area contributed by atoms with E-state index in [2.05, 4.69) is 15.2 Å². The normalized spacial score (nSPS) is 17.8. The van der Waals surface area contributed by atoms with Crippen molar-refractivity contribution < 1.29 is 14.0 Å². The summed E-state index contributed by atoms with van der Waals surface area (Å²) in [6.07, 6.45) is 6.66. The lowest BCUT2D eigenvalue weighted by atomic mass is 10.1. The van der Waals surface area contributed by atoms with Gasteiger partial charge in [-0.15, -0.1) is 11.3 Å². The highest BCUT2D eigenvalue weighted by Crippen LogP contribution is 2.27. The highest BCUT2D eigenvalue weighted by atomic mass is 32.1. The maximum Gasteiger partial charge on any atom is 0.263 e. The molecule has 1 aliphatic carbocycles. The minimum Gasteiger partial charge on any atom is -0.350 e. The van der Waals surface area contributed by atoms with Crippen molar-refractivity contribution in [2.75, 3.05) is 39.3 Å². The van der Waals surface area contributed by atoms with Crippen LogP contribution in [0.4, 0.5) is 4.39 Å². The monoisotopic (exact) mass is 444 g/mol. The van der Waals surface area contributed by atoms with E-state index in [1.807, 2.05) is 4.90 Å². The fraction of sp³-hybridized carbons (Fsp3) is 0.522. The van der Waals surface area contributed by atoms with Crippen LogP contribution >= 0.6 is 11.3 Å². The second-order valence-corrected chi connectivity index (χ2v) is 9.44. The summed E-state index contributed by atoms with van der Waals surface area (Å²) >= 11 is 1.37. The summed E-state index contributed by atoms with van der Waals surface area (Å²) in [7, 11) is 0. The fourth-order valence-corrected chi connectivity index (χ4v) is 5.18. The van der Waals surface area contributed by atoms with Gasteiger partial charge in [-0.3, -0.25) is 14.5 Å². The summed E-state index contributed by atoms with van der Waals surface area (Å²) in [5.41, 5.74) is 0.966. The largest absolute Gasteiger partial charge is 0.350 e. The van der Waals surface area contributed by atoms with Crippen molar-refractivity contribution in [1.29, 1.82) is 0 Å². The molecule has 0 spiro atoms. The number of nitrogens with one attached hydrogen (secondary N) is 1. The smallest absolute Gasteiger partial charge is 0.263 e. The number of hydrogen-bond donors (Lipinski definition) is 1. The topological polar surface area (TPSA) is 65.5 Å². The summed E-state index contributed by atoms with van der Waals surface area (Å²) in [5, 5.41) is 3.80. The molecule has 2 heterocycles. The van der Waals surface area contributed by atoms with Crippen molar-refractivity contribution in [2.45, 2.75) is 32.1 Å². The van der Waals surface area contributed by atoms with Crippen LogP contribution in [0.15, 0.2) is 30.5 Å². The fourth-order valence-electron chi connectivity index (χ4n) is 4.31. The van der Waals surface area contributed by atoms with E-state index in [0.717, 1.165) is 56.1 Å². The molecule has 1 saturated heterocycles. The number of aromatic nitrogens is 1. The molecule has 2 aromatic rings. The van der Waals surface area contributed by atoms with Gasteiger partial charge in [-0.2, -0.15) is 0 Å². The van der Waals surface area contributed by atoms with Crippen LogP contribution in [0.3, 0.4) is 0 Å². The zero-order chi connectivity index (χ0) is 21.6. The molecule has 1 saturated carbocycles. The number of carbonyl (C=O) groups excluding carboxylic acids is 2. The van der Waals surface area contributed by atoms with Gasteiger partial charge in [-0.1, -0.05) is 25.0 Å². The van der Waals surface area contributed by atoms with Gasteiger partial charge < -0.3 is 10.2 Å². The van der Waals surface area contributed by atoms with Gasteiger partial charge in [-0.05, 0) is 30.5 Å². The van der Waals surface area contributed by atoms with Crippen LogP contribution in [0, 0.1) is 11.7 Å². The molecule has 0 radical (unpaired) electrons. The third-order valence-corrected chi connectivity index (χ3v) is 7.14. The van der Waals surface area contributed by atoms with Gasteiger partial charge in [0.25, 0.3) is 5.91 Å². The number of benzene rings is 1. The summed E-state index contributed by atoms with van der Waals surface area (Å²) in [5.74, 6) is 0.216. The second-order valence-electron chi connectivity index (χ2n) is 8.33. The zero-order valence-corrected chi connectivity index (χ0v) is 18.5. The molecular weight excluding hydrogens is 415 g/mol. The summed E-state index contributed by atoms with van der Waals surface area (Å²) in [6, 6.07) is 6.33. The Kier molecular flexibility index (Phi) is 7.29. The zero-order valence-electron chi connectivity index (χ0n) is 17.7. The van der Waals surface area contributed by atoms with Crippen molar-refractivity contribution in [2.24, 2.45) is 5.92 Å². The lowest BCUT2D eigenvalue weighted by Crippen LogP contribution is -2.51. The number of hydrogen-bond acceptors (Lipinski definition) is 5. The van der Waals surface area contributed by atoms with E-state index < -0.39 is 0 Å². The van der Waals surface area contributed by atoms with Crippen LogP contribution < -0.4 is 5.32 Å². The van der Waals surface area contributed by atoms with E-state index in [4.69, 9.17) is 0 Å². The van der Waals surface area contributed by atoms with E-state index in [1.54, 1.807) is 18.3 Å². The molecule has 8 heteroatoms. The highest BCUT2D eigenvalue weighted by molar-refractivity contribution is 7.13. The third-order valence-electron chi connectivity index (χ3n) is 6.15. The van der Waals surface area contributed by atoms with E-state index >= 15 is 0 Å². The molecule has 1 aromatic carbocycles. The van der Waals surface area contributed by atoms with Crippen molar-refractivity contribution in [1.82, 2.24) is 20.1 Å². The van der Waals surface area contributed by atoms with Crippen LogP contribution in [0.1, 0.15) is 45.9 Å². The predicted octanol–water partition coefficient (Wildman–Crippen LogP) is 2.94. The van der Waals surface area contributed by atoms with Gasteiger partial charge in [0.15, 0.2) is 0 Å². The molecule has 0 unspecified atom stereocenters. The summed E-state index contributed by atoms with van der Waals surface area (Å²) in [6.45, 7) is 4.63. The van der Waals surface area contributed by atoms with Crippen molar-refractivity contribution >= 4 is 23.2 Å². The maximum absolute atomic E-state index is 13.0. The van der Waals surface area contributed by atoms with Crippen molar-refractivity contribution in [3.05, 3.63) is 51.7 Å². The first-order valence-electron chi connectivity index (χ1n) is 11.1. The van der Waals surface area contributed by atoms with E-state index in [1.165, 1.54) is 36.3 Å². The Labute approximate surface area is 186 Å². The molecule has 2 fully saturated rings. The minimum absolute atomic E-state index is 0.113. The van der Waals surface area contributed by atoms with E-state index in [9.17, 15) is 14.0 Å². The molecule has 0 atom stereocenters. The van der Waals surface area contributed by atoms with Gasteiger partial charge in [0.1, 0.15) is 10.7 Å². The Balaban J connectivity index is 1.16. The number of amides is 2. The average Bonchev–Trinajstić information content (AvgIpc) is 3.48. The molecule has 1 aliphatic heterocycles. The second kappa shape index (κ2) is 10.3. The summed E-state index contributed by atoms with van der Waals surface area (Å²) in [4.78, 5) is 34.2. The lowest BCUT2D eigenvalue weighted by Gasteiger charge is -2.36. The first kappa shape index (κ1) is 21.9. The van der Waals surface area contributed by atoms with Gasteiger partial charge in [0, 0.05) is 51.6 Å². The van der Waals surface area contributed by atoms with Crippen LogP contribution in [0.5, 0.6) is 0 Å². The van der Waals surface area contributed by atoms with E-state index in [0.29, 0.717) is 23.7 Å². The molecule has 2 amide bonds. The molecule has 2 aliphatic rings. The highest BCUT2D eigenvalue weighted by Gasteiger charge is 2.29. The molecule has 1 aromatic heterocycles. The molecule has 6 nitrogen and oxygen atoms in total. The average molecular weight is 445 g/mol. The predicted molar refractivity (Wildman–Crippen MR) is 119 cm³/mol. The molecule has 1 N–H and O–H groups in total. The Morgan fingerprint density at radius 1 is 1.10 bits per heavy atom. The molecule has 4 rings (SSSR count). The minimum atomic E-state index is -0.259. The first-order chi connectivity index (χ1) is 15.1. The lowest BCUT2D eigenvalue weighted by molar-refractivity contribution is -0.137. The number of piperazine rings is 1. The van der Waals surface area contributed by atoms with Gasteiger partial charge in [-0.25, -0.2) is 9.37 Å². The van der Waals surface area contributed by atoms with Gasteiger partial charge in [0.2, 0.25) is 5.91 Å². The Bertz CT molecular complexity index is 887. The van der Waals surface area contributed by atoms with Crippen LogP contribution in [0.25, 0.3) is 0 Å². The van der Waals surface area contributed by atoms with Crippen LogP contribution in [-0.4, -0.2) is 65.9 Å². The quantitative estimate of drug-likeness (QED) is 0.713. The maximum atomic E-state index is 13.0. The standard InChI is InChI=1S/C23H29FN4O2S/c24-19-7-5-17(6-8-19)15-21-26-16-20(31-21)22(29)25-9-10-27-11-13-28(14-12-27)23(30)18-3-1-2-4-18/h5-8,16,18H,1-4,9-15H2,(H,25,29). The van der Waals surface area contributed by atoms with Gasteiger partial charge in [0.05, 0.1) is 11.2 Å². The van der Waals surface area contributed by atoms with Crippen molar-refractivity contribution in [3.63, 3.8) is 0 Å². The number of rotatable bonds is 7. The number of nitrogens with zero attached hydrogens (tertiary/aromatic N) is 3. The number of halogens is 1. The third kappa shape index (κ3) is 5.89. The number of thiazole rings is 1. The molecule has 166 valence electrons. The van der Waals surface area contributed by atoms with Gasteiger partial charge >= 0.3 is 0 Å². The Morgan fingerprint density at radius 2 is 1.81 bits per heavy atom. The molecule has 31 heavy (non-hydrogen) atoms. The summed E-state index contributed by atoms with van der Waals surface area (Å²) < 4.78 is 13.0.